The Labute approximate surface area is 262 Å². The summed E-state index contributed by atoms with van der Waals surface area (Å²) >= 11 is 0. The molecule has 212 valence electrons. The van der Waals surface area contributed by atoms with Gasteiger partial charge in [0.1, 0.15) is 0 Å². The third kappa shape index (κ3) is 4.11. The molecule has 9 rings (SSSR count). The number of benzene rings is 7. The van der Waals surface area contributed by atoms with Crippen molar-refractivity contribution in [3.8, 4) is 33.6 Å². The zero-order valence-corrected chi connectivity index (χ0v) is 25.0. The lowest BCUT2D eigenvalue weighted by atomic mass is 10.0. The number of fused-ring (bicyclic) bond motifs is 6. The molecule has 0 aliphatic rings. The van der Waals surface area contributed by atoms with E-state index >= 15 is 0 Å². The molecule has 0 unspecified atom stereocenters. The van der Waals surface area contributed by atoms with Crippen LogP contribution < -0.4 is 0 Å². The van der Waals surface area contributed by atoms with Crippen molar-refractivity contribution in [3.05, 3.63) is 169 Å². The van der Waals surface area contributed by atoms with Crippen LogP contribution in [0.3, 0.4) is 0 Å². The first-order chi connectivity index (χ1) is 22.2. The number of aryl methyl sites for hydroxylation is 1. The van der Waals surface area contributed by atoms with Crippen LogP contribution in [0.15, 0.2) is 164 Å². The van der Waals surface area contributed by atoms with Crippen LogP contribution in [0.25, 0.3) is 77.2 Å². The molecule has 9 aromatic rings. The predicted molar refractivity (Wildman–Crippen MR) is 191 cm³/mol. The topological polar surface area (TPSA) is 9.86 Å². The van der Waals surface area contributed by atoms with Gasteiger partial charge in [0.15, 0.2) is 0 Å². The van der Waals surface area contributed by atoms with Crippen molar-refractivity contribution in [3.63, 3.8) is 0 Å². The van der Waals surface area contributed by atoms with Crippen LogP contribution in [-0.2, 0) is 0 Å². The van der Waals surface area contributed by atoms with E-state index in [4.69, 9.17) is 0 Å². The first-order valence-corrected chi connectivity index (χ1v) is 15.5. The second-order valence-corrected chi connectivity index (χ2v) is 11.9. The van der Waals surface area contributed by atoms with Gasteiger partial charge in [-0.15, -0.1) is 0 Å². The molecular weight excluding hydrogens is 544 g/mol. The maximum atomic E-state index is 2.41. The van der Waals surface area contributed by atoms with E-state index in [1.165, 1.54) is 77.1 Å². The summed E-state index contributed by atoms with van der Waals surface area (Å²) < 4.78 is 4.78. The summed E-state index contributed by atoms with van der Waals surface area (Å²) in [5.41, 5.74) is 13.4. The average molecular weight is 575 g/mol. The molecule has 2 nitrogen and oxygen atoms in total. The highest BCUT2D eigenvalue weighted by atomic mass is 15.0. The van der Waals surface area contributed by atoms with Crippen LogP contribution >= 0.6 is 0 Å². The molecule has 2 heteroatoms. The number of nitrogens with zero attached hydrogens (tertiary/aromatic N) is 2. The lowest BCUT2D eigenvalue weighted by molar-refractivity contribution is 1.18. The summed E-state index contributed by atoms with van der Waals surface area (Å²) in [7, 11) is 0. The van der Waals surface area contributed by atoms with Crippen molar-refractivity contribution in [2.45, 2.75) is 6.92 Å². The van der Waals surface area contributed by atoms with E-state index in [0.29, 0.717) is 0 Å². The van der Waals surface area contributed by atoms with Crippen molar-refractivity contribution in [2.75, 3.05) is 0 Å². The Bertz CT molecular complexity index is 2530. The van der Waals surface area contributed by atoms with E-state index in [1.807, 2.05) is 0 Å². The summed E-state index contributed by atoms with van der Waals surface area (Å²) in [6, 6.07) is 59.6. The second-order valence-electron chi connectivity index (χ2n) is 11.9. The van der Waals surface area contributed by atoms with Gasteiger partial charge in [0.2, 0.25) is 0 Å². The lowest BCUT2D eigenvalue weighted by Crippen LogP contribution is -1.94. The van der Waals surface area contributed by atoms with E-state index in [2.05, 4.69) is 180 Å². The number of hydrogen-bond donors (Lipinski definition) is 0. The van der Waals surface area contributed by atoms with Crippen LogP contribution in [0.4, 0.5) is 0 Å². The van der Waals surface area contributed by atoms with Gasteiger partial charge in [-0.25, -0.2) is 0 Å². The van der Waals surface area contributed by atoms with Gasteiger partial charge >= 0.3 is 0 Å². The highest BCUT2D eigenvalue weighted by molar-refractivity contribution is 6.12. The maximum Gasteiger partial charge on any atom is 0.0547 e. The molecule has 0 amide bonds. The Morgan fingerprint density at radius 2 is 0.844 bits per heavy atom. The summed E-state index contributed by atoms with van der Waals surface area (Å²) in [4.78, 5) is 0. The molecule has 45 heavy (non-hydrogen) atoms. The Morgan fingerprint density at radius 1 is 0.311 bits per heavy atom. The van der Waals surface area contributed by atoms with Crippen LogP contribution in [-0.4, -0.2) is 9.13 Å². The van der Waals surface area contributed by atoms with Gasteiger partial charge in [0.05, 0.1) is 22.1 Å². The number of para-hydroxylation sites is 3. The predicted octanol–water partition coefficient (Wildman–Crippen LogP) is 11.5. The molecular formula is C43H30N2. The Balaban J connectivity index is 1.22. The number of rotatable bonds is 4. The first-order valence-electron chi connectivity index (χ1n) is 15.5. The van der Waals surface area contributed by atoms with Crippen molar-refractivity contribution in [1.29, 1.82) is 0 Å². The third-order valence-corrected chi connectivity index (χ3v) is 9.17. The molecule has 0 aliphatic heterocycles. The summed E-state index contributed by atoms with van der Waals surface area (Å²) in [5.74, 6) is 0. The van der Waals surface area contributed by atoms with Crippen molar-refractivity contribution < 1.29 is 0 Å². The van der Waals surface area contributed by atoms with Crippen LogP contribution in [0, 0.1) is 6.92 Å². The standard InChI is InChI=1S/C43H30N2/c1-29-10-9-11-31(26-29)30-18-22-35(23-19-30)45-40-16-7-5-14-36(40)38-24-20-33(28-43(38)45)32-21-25-42-39(27-32)37-15-6-8-17-41(37)44(42)34-12-3-2-4-13-34/h2-28H,1H3. The second kappa shape index (κ2) is 10.1. The fourth-order valence-corrected chi connectivity index (χ4v) is 7.06. The van der Waals surface area contributed by atoms with Gasteiger partial charge in [-0.1, -0.05) is 115 Å². The van der Waals surface area contributed by atoms with Gasteiger partial charge in [0, 0.05) is 32.9 Å². The molecule has 2 heterocycles. The minimum absolute atomic E-state index is 1.16. The molecule has 0 saturated carbocycles. The Hall–Kier alpha value is -5.86. The highest BCUT2D eigenvalue weighted by Gasteiger charge is 2.16. The zero-order valence-electron chi connectivity index (χ0n) is 25.0. The summed E-state index contributed by atoms with van der Waals surface area (Å²) in [5, 5.41) is 5.06. The number of aromatic nitrogens is 2. The minimum Gasteiger partial charge on any atom is -0.309 e. The molecule has 0 spiro atoms. The lowest BCUT2D eigenvalue weighted by Gasteiger charge is -2.11. The summed E-state index contributed by atoms with van der Waals surface area (Å²) in [6.45, 7) is 2.15. The quantitative estimate of drug-likeness (QED) is 0.198. The Morgan fingerprint density at radius 3 is 1.60 bits per heavy atom. The van der Waals surface area contributed by atoms with E-state index in [9.17, 15) is 0 Å². The normalized spacial score (nSPS) is 11.7. The molecule has 0 fully saturated rings. The van der Waals surface area contributed by atoms with Crippen molar-refractivity contribution in [2.24, 2.45) is 0 Å². The van der Waals surface area contributed by atoms with Crippen molar-refractivity contribution in [1.82, 2.24) is 9.13 Å². The molecule has 0 N–H and O–H groups in total. The maximum absolute atomic E-state index is 2.41. The molecule has 0 aliphatic carbocycles. The van der Waals surface area contributed by atoms with E-state index in [-0.39, 0.29) is 0 Å². The zero-order chi connectivity index (χ0) is 29.9. The monoisotopic (exact) mass is 574 g/mol. The first kappa shape index (κ1) is 25.6. The molecule has 0 saturated heterocycles. The molecule has 2 aromatic heterocycles. The molecule has 7 aromatic carbocycles. The van der Waals surface area contributed by atoms with Gasteiger partial charge in [-0.3, -0.25) is 0 Å². The van der Waals surface area contributed by atoms with Gasteiger partial charge < -0.3 is 9.13 Å². The van der Waals surface area contributed by atoms with E-state index in [1.54, 1.807) is 0 Å². The average Bonchev–Trinajstić information content (AvgIpc) is 3.61. The fourth-order valence-electron chi connectivity index (χ4n) is 7.06. The smallest absolute Gasteiger partial charge is 0.0547 e. The molecule has 0 atom stereocenters. The van der Waals surface area contributed by atoms with E-state index in [0.717, 1.165) is 5.69 Å². The van der Waals surface area contributed by atoms with Crippen molar-refractivity contribution >= 4 is 43.6 Å². The van der Waals surface area contributed by atoms with Gasteiger partial charge in [0.25, 0.3) is 0 Å². The van der Waals surface area contributed by atoms with Gasteiger partial charge in [-0.2, -0.15) is 0 Å². The van der Waals surface area contributed by atoms with Gasteiger partial charge in [-0.05, 0) is 83.8 Å². The molecule has 0 radical (unpaired) electrons. The summed E-state index contributed by atoms with van der Waals surface area (Å²) in [6.07, 6.45) is 0. The van der Waals surface area contributed by atoms with E-state index < -0.39 is 0 Å². The van der Waals surface area contributed by atoms with Crippen LogP contribution in [0.5, 0.6) is 0 Å². The Kier molecular flexibility index (Phi) is 5.76. The largest absolute Gasteiger partial charge is 0.309 e. The third-order valence-electron chi connectivity index (χ3n) is 9.17. The van der Waals surface area contributed by atoms with Crippen LogP contribution in [0.1, 0.15) is 5.56 Å². The molecule has 0 bridgehead atoms. The minimum atomic E-state index is 1.16. The number of hydrogen-bond acceptors (Lipinski definition) is 0. The highest BCUT2D eigenvalue weighted by Crippen LogP contribution is 2.38. The SMILES string of the molecule is Cc1cccc(-c2ccc(-n3c4ccccc4c4ccc(-c5ccc6c(c5)c5ccccc5n6-c5ccccc5)cc43)cc2)c1. The fraction of sp³-hybridized carbons (Fsp3) is 0.0233. The van der Waals surface area contributed by atoms with Crippen LogP contribution in [0.2, 0.25) is 0 Å².